The zero-order chi connectivity index (χ0) is 20.5. The normalized spacial score (nSPS) is 11.2. The van der Waals surface area contributed by atoms with Crippen molar-refractivity contribution in [2.75, 3.05) is 19.0 Å². The standard InChI is InChI=1S/C21H24N2O5/c1-4-27-21(26)22-18-12-8-11-17(13-18)20(25)28-15(2)19(24)23(3)14-16-9-6-5-7-10-16/h5-13,15H,4,14H2,1-3H3,(H,22,26). The summed E-state index contributed by atoms with van der Waals surface area (Å²) in [6.45, 7) is 3.88. The van der Waals surface area contributed by atoms with E-state index in [0.717, 1.165) is 5.56 Å². The second-order valence-electron chi connectivity index (χ2n) is 6.15. The minimum atomic E-state index is -0.942. The number of nitrogens with zero attached hydrogens (tertiary/aromatic N) is 1. The molecule has 0 radical (unpaired) electrons. The highest BCUT2D eigenvalue weighted by Crippen LogP contribution is 2.14. The molecule has 1 atom stereocenters. The van der Waals surface area contributed by atoms with E-state index in [4.69, 9.17) is 9.47 Å². The van der Waals surface area contributed by atoms with E-state index in [2.05, 4.69) is 5.32 Å². The first-order valence-electron chi connectivity index (χ1n) is 8.94. The Morgan fingerprint density at radius 2 is 1.79 bits per heavy atom. The summed E-state index contributed by atoms with van der Waals surface area (Å²) in [6.07, 6.45) is -1.55. The Balaban J connectivity index is 1.95. The average Bonchev–Trinajstić information content (AvgIpc) is 2.68. The van der Waals surface area contributed by atoms with Gasteiger partial charge in [-0.25, -0.2) is 9.59 Å². The maximum Gasteiger partial charge on any atom is 0.411 e. The van der Waals surface area contributed by atoms with Crippen LogP contribution in [0.5, 0.6) is 0 Å². The van der Waals surface area contributed by atoms with E-state index in [-0.39, 0.29) is 18.1 Å². The van der Waals surface area contributed by atoms with E-state index in [1.165, 1.54) is 17.9 Å². The summed E-state index contributed by atoms with van der Waals surface area (Å²) in [5.41, 5.74) is 1.60. The third-order valence-corrected chi connectivity index (χ3v) is 3.89. The Kier molecular flexibility index (Phi) is 7.56. The first-order valence-corrected chi connectivity index (χ1v) is 8.94. The molecule has 0 aromatic heterocycles. The molecule has 2 aromatic carbocycles. The molecular weight excluding hydrogens is 360 g/mol. The van der Waals surface area contributed by atoms with Gasteiger partial charge in [0.25, 0.3) is 5.91 Å². The number of benzene rings is 2. The fourth-order valence-electron chi connectivity index (χ4n) is 2.53. The second kappa shape index (κ2) is 10.1. The van der Waals surface area contributed by atoms with Gasteiger partial charge in [0.05, 0.1) is 12.2 Å². The van der Waals surface area contributed by atoms with Crippen molar-refractivity contribution in [2.45, 2.75) is 26.5 Å². The predicted molar refractivity (Wildman–Crippen MR) is 105 cm³/mol. The van der Waals surface area contributed by atoms with Gasteiger partial charge in [-0.05, 0) is 37.6 Å². The number of hydrogen-bond acceptors (Lipinski definition) is 5. The van der Waals surface area contributed by atoms with Gasteiger partial charge in [-0.2, -0.15) is 0 Å². The molecule has 148 valence electrons. The largest absolute Gasteiger partial charge is 0.450 e. The van der Waals surface area contributed by atoms with Crippen LogP contribution in [0.1, 0.15) is 29.8 Å². The Labute approximate surface area is 164 Å². The third-order valence-electron chi connectivity index (χ3n) is 3.89. The van der Waals surface area contributed by atoms with Crippen molar-refractivity contribution in [2.24, 2.45) is 0 Å². The number of esters is 1. The Morgan fingerprint density at radius 3 is 2.46 bits per heavy atom. The van der Waals surface area contributed by atoms with Crippen molar-refractivity contribution in [3.8, 4) is 0 Å². The lowest BCUT2D eigenvalue weighted by molar-refractivity contribution is -0.139. The molecule has 7 nitrogen and oxygen atoms in total. The van der Waals surface area contributed by atoms with Crippen LogP contribution in [-0.2, 0) is 20.8 Å². The van der Waals surface area contributed by atoms with Crippen LogP contribution in [0.3, 0.4) is 0 Å². The van der Waals surface area contributed by atoms with Gasteiger partial charge < -0.3 is 14.4 Å². The van der Waals surface area contributed by atoms with Crippen LogP contribution in [0.15, 0.2) is 54.6 Å². The predicted octanol–water partition coefficient (Wildman–Crippen LogP) is 3.46. The van der Waals surface area contributed by atoms with Crippen LogP contribution in [0, 0.1) is 0 Å². The average molecular weight is 384 g/mol. The maximum atomic E-state index is 12.5. The molecule has 0 saturated carbocycles. The first-order chi connectivity index (χ1) is 13.4. The van der Waals surface area contributed by atoms with E-state index in [1.54, 1.807) is 32.2 Å². The van der Waals surface area contributed by atoms with Gasteiger partial charge >= 0.3 is 12.1 Å². The number of ether oxygens (including phenoxy) is 2. The van der Waals surface area contributed by atoms with Crippen LogP contribution >= 0.6 is 0 Å². The number of rotatable bonds is 7. The van der Waals surface area contributed by atoms with Crippen molar-refractivity contribution >= 4 is 23.7 Å². The number of carbonyl (C=O) groups is 3. The first kappa shape index (κ1) is 21.0. The van der Waals surface area contributed by atoms with E-state index in [9.17, 15) is 14.4 Å². The molecule has 0 saturated heterocycles. The molecule has 0 aliphatic carbocycles. The molecule has 0 bridgehead atoms. The fraction of sp³-hybridized carbons (Fsp3) is 0.286. The van der Waals surface area contributed by atoms with Gasteiger partial charge in [0, 0.05) is 19.3 Å². The summed E-state index contributed by atoms with van der Waals surface area (Å²) in [5, 5.41) is 2.52. The quantitative estimate of drug-likeness (QED) is 0.739. The van der Waals surface area contributed by atoms with Crippen LogP contribution in [0.2, 0.25) is 0 Å². The van der Waals surface area contributed by atoms with Gasteiger partial charge in [0.15, 0.2) is 6.10 Å². The molecule has 0 aliphatic rings. The lowest BCUT2D eigenvalue weighted by atomic mass is 10.2. The lowest BCUT2D eigenvalue weighted by Gasteiger charge is -2.21. The van der Waals surface area contributed by atoms with Crippen LogP contribution in [0.25, 0.3) is 0 Å². The summed E-state index contributed by atoms with van der Waals surface area (Å²) in [6, 6.07) is 15.8. The number of likely N-dealkylation sites (N-methyl/N-ethyl adjacent to an activating group) is 1. The van der Waals surface area contributed by atoms with Crippen molar-refractivity contribution in [3.63, 3.8) is 0 Å². The maximum absolute atomic E-state index is 12.5. The molecule has 2 rings (SSSR count). The number of nitrogens with one attached hydrogen (secondary N) is 1. The molecule has 7 heteroatoms. The Morgan fingerprint density at radius 1 is 1.07 bits per heavy atom. The molecule has 2 aromatic rings. The van der Waals surface area contributed by atoms with Gasteiger partial charge in [-0.15, -0.1) is 0 Å². The minimum Gasteiger partial charge on any atom is -0.450 e. The van der Waals surface area contributed by atoms with Crippen molar-refractivity contribution < 1.29 is 23.9 Å². The topological polar surface area (TPSA) is 84.9 Å². The molecular formula is C21H24N2O5. The zero-order valence-electron chi connectivity index (χ0n) is 16.2. The molecule has 0 aliphatic heterocycles. The third kappa shape index (κ3) is 6.12. The van der Waals surface area contributed by atoms with Gasteiger partial charge in [-0.3, -0.25) is 10.1 Å². The molecule has 0 spiro atoms. The molecule has 0 heterocycles. The SMILES string of the molecule is CCOC(=O)Nc1cccc(C(=O)OC(C)C(=O)N(C)Cc2ccccc2)c1. The van der Waals surface area contributed by atoms with Crippen LogP contribution in [-0.4, -0.2) is 42.6 Å². The van der Waals surface area contributed by atoms with Crippen LogP contribution < -0.4 is 5.32 Å². The molecule has 1 N–H and O–H groups in total. The Bertz CT molecular complexity index is 823. The molecule has 2 amide bonds. The Hall–Kier alpha value is -3.35. The van der Waals surface area contributed by atoms with Gasteiger partial charge in [-0.1, -0.05) is 36.4 Å². The highest BCUT2D eigenvalue weighted by molar-refractivity contribution is 5.94. The number of anilines is 1. The van der Waals surface area contributed by atoms with Gasteiger partial charge in [0.2, 0.25) is 0 Å². The molecule has 0 fully saturated rings. The number of amides is 2. The van der Waals surface area contributed by atoms with E-state index >= 15 is 0 Å². The summed E-state index contributed by atoms with van der Waals surface area (Å²) in [4.78, 5) is 37.8. The smallest absolute Gasteiger partial charge is 0.411 e. The highest BCUT2D eigenvalue weighted by atomic mass is 16.6. The van der Waals surface area contributed by atoms with Crippen LogP contribution in [0.4, 0.5) is 10.5 Å². The van der Waals surface area contributed by atoms with Crippen molar-refractivity contribution in [1.29, 1.82) is 0 Å². The fourth-order valence-corrected chi connectivity index (χ4v) is 2.53. The summed E-state index contributed by atoms with van der Waals surface area (Å²) < 4.78 is 10.1. The molecule has 28 heavy (non-hydrogen) atoms. The zero-order valence-corrected chi connectivity index (χ0v) is 16.2. The lowest BCUT2D eigenvalue weighted by Crippen LogP contribution is -2.37. The van der Waals surface area contributed by atoms with Crippen molar-refractivity contribution in [3.05, 3.63) is 65.7 Å². The number of carbonyl (C=O) groups excluding carboxylic acids is 3. The summed E-state index contributed by atoms with van der Waals surface area (Å²) >= 11 is 0. The highest BCUT2D eigenvalue weighted by Gasteiger charge is 2.22. The van der Waals surface area contributed by atoms with E-state index < -0.39 is 18.2 Å². The second-order valence-corrected chi connectivity index (χ2v) is 6.15. The molecule has 1 unspecified atom stereocenters. The summed E-state index contributed by atoms with van der Waals surface area (Å²) in [7, 11) is 1.66. The van der Waals surface area contributed by atoms with Gasteiger partial charge in [0.1, 0.15) is 0 Å². The van der Waals surface area contributed by atoms with E-state index in [0.29, 0.717) is 12.2 Å². The van der Waals surface area contributed by atoms with E-state index in [1.807, 2.05) is 30.3 Å². The monoisotopic (exact) mass is 384 g/mol. The summed E-state index contributed by atoms with van der Waals surface area (Å²) in [5.74, 6) is -0.959. The number of hydrogen-bond donors (Lipinski definition) is 1. The minimum absolute atomic E-state index is 0.222. The van der Waals surface area contributed by atoms with Crippen molar-refractivity contribution in [1.82, 2.24) is 4.90 Å².